The minimum Gasteiger partial charge on any atom is -0.497 e. The highest BCUT2D eigenvalue weighted by Crippen LogP contribution is 2.31. The Morgan fingerprint density at radius 3 is 2.50 bits per heavy atom. The number of anilines is 2. The molecule has 7 nitrogen and oxygen atoms in total. The number of ether oxygens (including phenoxy) is 2. The van der Waals surface area contributed by atoms with Gasteiger partial charge in [0, 0.05) is 44.8 Å². The zero-order valence-electron chi connectivity index (χ0n) is 17.3. The summed E-state index contributed by atoms with van der Waals surface area (Å²) >= 11 is 0. The maximum absolute atomic E-state index is 12.7. The smallest absolute Gasteiger partial charge is 0.265 e. The molecule has 0 radical (unpaired) electrons. The lowest BCUT2D eigenvalue weighted by Crippen LogP contribution is -2.49. The minimum atomic E-state index is -0.0609. The van der Waals surface area contributed by atoms with Crippen molar-refractivity contribution in [3.05, 3.63) is 48.5 Å². The van der Waals surface area contributed by atoms with Crippen molar-refractivity contribution >= 4 is 23.2 Å². The van der Waals surface area contributed by atoms with Crippen LogP contribution in [0.15, 0.2) is 48.5 Å². The molecule has 0 aliphatic carbocycles. The topological polar surface area (TPSA) is 62.3 Å². The summed E-state index contributed by atoms with van der Waals surface area (Å²) in [7, 11) is 1.66. The van der Waals surface area contributed by atoms with Crippen LogP contribution >= 0.6 is 0 Å². The van der Waals surface area contributed by atoms with Gasteiger partial charge in [-0.3, -0.25) is 9.59 Å². The van der Waals surface area contributed by atoms with Gasteiger partial charge in [-0.2, -0.15) is 0 Å². The molecule has 0 saturated carbocycles. The molecule has 0 atom stereocenters. The summed E-state index contributed by atoms with van der Waals surface area (Å²) in [5.74, 6) is 1.65. The Kier molecular flexibility index (Phi) is 6.07. The molecule has 0 N–H and O–H groups in total. The molecular formula is C23H27N3O4. The summed E-state index contributed by atoms with van der Waals surface area (Å²) in [6.07, 6.45) is 1.08. The van der Waals surface area contributed by atoms with Crippen LogP contribution < -0.4 is 19.3 Å². The van der Waals surface area contributed by atoms with Crippen LogP contribution in [0.5, 0.6) is 11.5 Å². The van der Waals surface area contributed by atoms with Crippen LogP contribution in [-0.2, 0) is 9.59 Å². The summed E-state index contributed by atoms with van der Waals surface area (Å²) in [5.41, 5.74) is 1.93. The third kappa shape index (κ3) is 4.35. The van der Waals surface area contributed by atoms with Crippen molar-refractivity contribution in [2.45, 2.75) is 12.8 Å². The molecule has 2 amide bonds. The van der Waals surface area contributed by atoms with Crippen LogP contribution in [0.2, 0.25) is 0 Å². The van der Waals surface area contributed by atoms with Crippen LogP contribution in [0, 0.1) is 0 Å². The fourth-order valence-corrected chi connectivity index (χ4v) is 3.95. The molecule has 0 aromatic heterocycles. The maximum atomic E-state index is 12.7. The highest BCUT2D eigenvalue weighted by molar-refractivity contribution is 5.97. The van der Waals surface area contributed by atoms with Crippen LogP contribution in [0.3, 0.4) is 0 Å². The van der Waals surface area contributed by atoms with E-state index in [-0.39, 0.29) is 18.4 Å². The third-order valence-corrected chi connectivity index (χ3v) is 5.65. The van der Waals surface area contributed by atoms with Gasteiger partial charge in [-0.25, -0.2) is 0 Å². The van der Waals surface area contributed by atoms with E-state index in [1.165, 1.54) is 0 Å². The molecule has 2 aromatic carbocycles. The number of amides is 2. The lowest BCUT2D eigenvalue weighted by molar-refractivity contribution is -0.131. The molecule has 0 spiro atoms. The number of piperazine rings is 1. The first-order valence-corrected chi connectivity index (χ1v) is 10.3. The third-order valence-electron chi connectivity index (χ3n) is 5.65. The molecule has 2 aliphatic heterocycles. The van der Waals surface area contributed by atoms with Gasteiger partial charge in [0.25, 0.3) is 5.91 Å². The number of hydrogen-bond acceptors (Lipinski definition) is 5. The van der Waals surface area contributed by atoms with Gasteiger partial charge in [-0.05, 0) is 42.8 Å². The quantitative estimate of drug-likeness (QED) is 0.734. The zero-order valence-corrected chi connectivity index (χ0v) is 17.3. The average molecular weight is 409 g/mol. The van der Waals surface area contributed by atoms with Gasteiger partial charge >= 0.3 is 0 Å². The summed E-state index contributed by atoms with van der Waals surface area (Å²) in [5, 5.41) is 0. The van der Waals surface area contributed by atoms with Crippen molar-refractivity contribution in [1.82, 2.24) is 4.90 Å². The highest BCUT2D eigenvalue weighted by Gasteiger charge is 2.26. The lowest BCUT2D eigenvalue weighted by Gasteiger charge is -2.36. The van der Waals surface area contributed by atoms with Crippen molar-refractivity contribution in [2.75, 3.05) is 56.2 Å². The van der Waals surface area contributed by atoms with Crippen LogP contribution in [0.4, 0.5) is 11.4 Å². The number of nitrogens with zero attached hydrogens (tertiary/aromatic N) is 3. The maximum Gasteiger partial charge on any atom is 0.265 e. The minimum absolute atomic E-state index is 0.0538. The molecule has 2 aliphatic rings. The second-order valence-electron chi connectivity index (χ2n) is 7.47. The summed E-state index contributed by atoms with van der Waals surface area (Å²) < 4.78 is 10.7. The number of para-hydroxylation sites is 2. The zero-order chi connectivity index (χ0) is 20.9. The van der Waals surface area contributed by atoms with Gasteiger partial charge in [0.05, 0.1) is 12.8 Å². The molecule has 7 heteroatoms. The van der Waals surface area contributed by atoms with Crippen LogP contribution in [-0.4, -0.2) is 63.2 Å². The van der Waals surface area contributed by atoms with E-state index in [9.17, 15) is 9.59 Å². The molecule has 2 heterocycles. The summed E-state index contributed by atoms with van der Waals surface area (Å²) in [6.45, 7) is 3.63. The Morgan fingerprint density at radius 1 is 1.03 bits per heavy atom. The molecule has 0 unspecified atom stereocenters. The average Bonchev–Trinajstić information content (AvgIpc) is 2.80. The molecule has 158 valence electrons. The highest BCUT2D eigenvalue weighted by atomic mass is 16.5. The molecular weight excluding hydrogens is 382 g/mol. The number of carbonyl (C=O) groups is 2. The largest absolute Gasteiger partial charge is 0.497 e. The van der Waals surface area contributed by atoms with Crippen LogP contribution in [0.25, 0.3) is 0 Å². The molecule has 30 heavy (non-hydrogen) atoms. The number of rotatable bonds is 6. The van der Waals surface area contributed by atoms with E-state index >= 15 is 0 Å². The number of benzene rings is 2. The molecule has 4 rings (SSSR count). The van der Waals surface area contributed by atoms with Gasteiger partial charge in [0.15, 0.2) is 6.61 Å². The Morgan fingerprint density at radius 2 is 1.77 bits per heavy atom. The first-order valence-electron chi connectivity index (χ1n) is 10.3. The monoisotopic (exact) mass is 409 g/mol. The van der Waals surface area contributed by atoms with Crippen molar-refractivity contribution in [3.8, 4) is 11.5 Å². The van der Waals surface area contributed by atoms with E-state index in [2.05, 4.69) is 4.90 Å². The second kappa shape index (κ2) is 9.07. The fraction of sp³-hybridized carbons (Fsp3) is 0.391. The van der Waals surface area contributed by atoms with E-state index in [0.29, 0.717) is 32.5 Å². The van der Waals surface area contributed by atoms with Gasteiger partial charge in [0.1, 0.15) is 11.5 Å². The van der Waals surface area contributed by atoms with E-state index in [4.69, 9.17) is 9.47 Å². The Hall–Kier alpha value is -3.22. The summed E-state index contributed by atoms with van der Waals surface area (Å²) in [4.78, 5) is 30.8. The Balaban J connectivity index is 1.25. The number of hydrogen-bond donors (Lipinski definition) is 0. The first-order chi connectivity index (χ1) is 14.7. The Labute approximate surface area is 176 Å². The molecule has 2 aromatic rings. The molecule has 1 saturated heterocycles. The van der Waals surface area contributed by atoms with E-state index in [1.807, 2.05) is 53.4 Å². The first kappa shape index (κ1) is 20.1. The predicted octanol–water partition coefficient (Wildman–Crippen LogP) is 2.55. The van der Waals surface area contributed by atoms with Gasteiger partial charge in [-0.15, -0.1) is 0 Å². The standard InChI is InChI=1S/C23H27N3O4/c1-29-19-10-8-18(9-11-19)24-13-15-25(16-14-24)22(27)7-4-12-26-20-5-2-3-6-21(20)30-17-23(26)28/h2-3,5-6,8-11H,4,7,12-17H2,1H3. The number of methoxy groups -OCH3 is 1. The van der Waals surface area contributed by atoms with E-state index in [1.54, 1.807) is 12.0 Å². The summed E-state index contributed by atoms with van der Waals surface area (Å²) in [6, 6.07) is 15.5. The normalized spacial score (nSPS) is 16.2. The van der Waals surface area contributed by atoms with Crippen molar-refractivity contribution in [2.24, 2.45) is 0 Å². The molecule has 1 fully saturated rings. The van der Waals surface area contributed by atoms with E-state index < -0.39 is 0 Å². The second-order valence-corrected chi connectivity index (χ2v) is 7.47. The van der Waals surface area contributed by atoms with Gasteiger partial charge in [0.2, 0.25) is 5.91 Å². The molecule has 0 bridgehead atoms. The fourth-order valence-electron chi connectivity index (χ4n) is 3.95. The lowest BCUT2D eigenvalue weighted by atomic mass is 10.2. The number of fused-ring (bicyclic) bond motifs is 1. The predicted molar refractivity (Wildman–Crippen MR) is 115 cm³/mol. The van der Waals surface area contributed by atoms with Crippen molar-refractivity contribution in [1.29, 1.82) is 0 Å². The van der Waals surface area contributed by atoms with E-state index in [0.717, 1.165) is 36.0 Å². The van der Waals surface area contributed by atoms with Gasteiger partial charge in [-0.1, -0.05) is 12.1 Å². The SMILES string of the molecule is COc1ccc(N2CCN(C(=O)CCCN3C(=O)COc4ccccc43)CC2)cc1. The van der Waals surface area contributed by atoms with Crippen LogP contribution in [0.1, 0.15) is 12.8 Å². The van der Waals surface area contributed by atoms with Crippen molar-refractivity contribution in [3.63, 3.8) is 0 Å². The number of carbonyl (C=O) groups excluding carboxylic acids is 2. The van der Waals surface area contributed by atoms with Gasteiger partial charge < -0.3 is 24.2 Å². The van der Waals surface area contributed by atoms with Crippen molar-refractivity contribution < 1.29 is 19.1 Å². The Bertz CT molecular complexity index is 892.